The topological polar surface area (TPSA) is 84.5 Å². The van der Waals surface area contributed by atoms with E-state index in [1.165, 1.54) is 38.4 Å². The molecule has 2 aromatic rings. The van der Waals surface area contributed by atoms with E-state index in [1.54, 1.807) is 32.8 Å². The number of hydrogen-bond donors (Lipinski definition) is 0. The van der Waals surface area contributed by atoms with Gasteiger partial charge in [-0.05, 0) is 24.5 Å². The molecule has 28 heavy (non-hydrogen) atoms. The first kappa shape index (κ1) is 18.7. The fourth-order valence-electron chi connectivity index (χ4n) is 4.13. The van der Waals surface area contributed by atoms with Crippen LogP contribution in [-0.4, -0.2) is 62.8 Å². The van der Waals surface area contributed by atoms with Gasteiger partial charge < -0.3 is 14.2 Å². The van der Waals surface area contributed by atoms with Crippen LogP contribution in [0.4, 0.5) is 0 Å². The van der Waals surface area contributed by atoms with Crippen molar-refractivity contribution in [3.63, 3.8) is 0 Å². The second-order valence-corrected chi connectivity index (χ2v) is 7.72. The SMILES string of the molecule is O=C(c1cn(CCC2CCCCC2)nn1)N1CCN(C(=O)c2ccco2)CC1. The zero-order chi connectivity index (χ0) is 19.3. The molecule has 0 radical (unpaired) electrons. The van der Waals surface area contributed by atoms with Crippen LogP contribution >= 0.6 is 0 Å². The highest BCUT2D eigenvalue weighted by atomic mass is 16.3. The number of furan rings is 1. The summed E-state index contributed by atoms with van der Waals surface area (Å²) < 4.78 is 6.96. The lowest BCUT2D eigenvalue weighted by atomic mass is 9.87. The van der Waals surface area contributed by atoms with Crippen molar-refractivity contribution in [2.24, 2.45) is 5.92 Å². The summed E-state index contributed by atoms with van der Waals surface area (Å²) in [5.74, 6) is 0.859. The van der Waals surface area contributed by atoms with Gasteiger partial charge in [-0.3, -0.25) is 14.3 Å². The average Bonchev–Trinajstić information content (AvgIpc) is 3.44. The first-order valence-corrected chi connectivity index (χ1v) is 10.2. The summed E-state index contributed by atoms with van der Waals surface area (Å²) in [5, 5.41) is 8.21. The number of rotatable bonds is 5. The van der Waals surface area contributed by atoms with E-state index in [9.17, 15) is 9.59 Å². The maximum absolute atomic E-state index is 12.7. The molecule has 1 aliphatic carbocycles. The Hall–Kier alpha value is -2.64. The van der Waals surface area contributed by atoms with Gasteiger partial charge in [-0.1, -0.05) is 37.3 Å². The van der Waals surface area contributed by atoms with E-state index >= 15 is 0 Å². The summed E-state index contributed by atoms with van der Waals surface area (Å²) in [4.78, 5) is 28.5. The third kappa shape index (κ3) is 4.26. The highest BCUT2D eigenvalue weighted by Gasteiger charge is 2.27. The summed E-state index contributed by atoms with van der Waals surface area (Å²) in [6.07, 6.45) is 11.0. The summed E-state index contributed by atoms with van der Waals surface area (Å²) in [6, 6.07) is 3.36. The van der Waals surface area contributed by atoms with Gasteiger partial charge in [0.15, 0.2) is 11.5 Å². The Morgan fingerprint density at radius 1 is 1.04 bits per heavy atom. The quantitative estimate of drug-likeness (QED) is 0.789. The molecule has 2 fully saturated rings. The van der Waals surface area contributed by atoms with Crippen molar-refractivity contribution in [1.82, 2.24) is 24.8 Å². The van der Waals surface area contributed by atoms with E-state index in [1.807, 2.05) is 0 Å². The van der Waals surface area contributed by atoms with Crippen LogP contribution in [0.5, 0.6) is 0 Å². The van der Waals surface area contributed by atoms with Crippen molar-refractivity contribution in [2.45, 2.75) is 45.1 Å². The molecule has 2 aliphatic rings. The summed E-state index contributed by atoms with van der Waals surface area (Å²) in [5.41, 5.74) is 0.384. The van der Waals surface area contributed by atoms with Crippen LogP contribution < -0.4 is 0 Å². The van der Waals surface area contributed by atoms with Gasteiger partial charge in [-0.2, -0.15) is 0 Å². The minimum atomic E-state index is -0.134. The monoisotopic (exact) mass is 385 g/mol. The first-order valence-electron chi connectivity index (χ1n) is 10.2. The molecule has 0 aromatic carbocycles. The maximum atomic E-state index is 12.7. The van der Waals surface area contributed by atoms with Crippen LogP contribution in [-0.2, 0) is 6.54 Å². The van der Waals surface area contributed by atoms with Gasteiger partial charge in [0.05, 0.1) is 12.5 Å². The van der Waals surface area contributed by atoms with E-state index in [0.29, 0.717) is 37.6 Å². The highest BCUT2D eigenvalue weighted by Crippen LogP contribution is 2.26. The van der Waals surface area contributed by atoms with Crippen LogP contribution in [0.3, 0.4) is 0 Å². The van der Waals surface area contributed by atoms with Crippen LogP contribution in [0.15, 0.2) is 29.0 Å². The van der Waals surface area contributed by atoms with Gasteiger partial charge in [0.25, 0.3) is 11.8 Å². The van der Waals surface area contributed by atoms with Gasteiger partial charge in [0.2, 0.25) is 0 Å². The Labute approximate surface area is 164 Å². The van der Waals surface area contributed by atoms with Crippen LogP contribution in [0.2, 0.25) is 0 Å². The second-order valence-electron chi connectivity index (χ2n) is 7.72. The summed E-state index contributed by atoms with van der Waals surface area (Å²) in [7, 11) is 0. The number of carbonyl (C=O) groups is 2. The van der Waals surface area contributed by atoms with Gasteiger partial charge in [-0.15, -0.1) is 5.10 Å². The predicted molar refractivity (Wildman–Crippen MR) is 102 cm³/mol. The van der Waals surface area contributed by atoms with Gasteiger partial charge in [-0.25, -0.2) is 0 Å². The molecule has 8 heteroatoms. The fraction of sp³-hybridized carbons (Fsp3) is 0.600. The number of nitrogens with zero attached hydrogens (tertiary/aromatic N) is 5. The Balaban J connectivity index is 1.27. The number of carbonyl (C=O) groups excluding carboxylic acids is 2. The zero-order valence-corrected chi connectivity index (χ0v) is 16.1. The third-order valence-corrected chi connectivity index (χ3v) is 5.84. The molecular weight excluding hydrogens is 358 g/mol. The van der Waals surface area contributed by atoms with Crippen molar-refractivity contribution in [3.05, 3.63) is 36.0 Å². The molecule has 2 amide bonds. The zero-order valence-electron chi connectivity index (χ0n) is 16.1. The van der Waals surface area contributed by atoms with Gasteiger partial charge >= 0.3 is 0 Å². The number of hydrogen-bond acceptors (Lipinski definition) is 5. The smallest absolute Gasteiger partial charge is 0.289 e. The van der Waals surface area contributed by atoms with E-state index in [-0.39, 0.29) is 11.8 Å². The van der Waals surface area contributed by atoms with Gasteiger partial charge in [0.1, 0.15) is 0 Å². The maximum Gasteiger partial charge on any atom is 0.289 e. The van der Waals surface area contributed by atoms with Crippen molar-refractivity contribution in [3.8, 4) is 0 Å². The van der Waals surface area contributed by atoms with Crippen molar-refractivity contribution in [2.75, 3.05) is 26.2 Å². The lowest BCUT2D eigenvalue weighted by Gasteiger charge is -2.33. The predicted octanol–water partition coefficient (Wildman–Crippen LogP) is 2.44. The minimum absolute atomic E-state index is 0.117. The summed E-state index contributed by atoms with van der Waals surface area (Å²) in [6.45, 7) is 2.76. The van der Waals surface area contributed by atoms with E-state index in [4.69, 9.17) is 4.42 Å². The molecule has 3 heterocycles. The lowest BCUT2D eigenvalue weighted by Crippen LogP contribution is -2.50. The molecule has 0 unspecified atom stereocenters. The standard InChI is InChI=1S/C20H27N5O3/c26-19(17-15-25(22-21-17)9-8-16-5-2-1-3-6-16)23-10-12-24(13-11-23)20(27)18-7-4-14-28-18/h4,7,14-16H,1-3,5-6,8-13H2. The molecule has 0 spiro atoms. The van der Waals surface area contributed by atoms with Crippen LogP contribution in [0, 0.1) is 5.92 Å². The highest BCUT2D eigenvalue weighted by molar-refractivity contribution is 5.93. The lowest BCUT2D eigenvalue weighted by molar-refractivity contribution is 0.0515. The number of aryl methyl sites for hydroxylation is 1. The Bertz CT molecular complexity index is 787. The van der Waals surface area contributed by atoms with Crippen LogP contribution in [0.25, 0.3) is 0 Å². The normalized spacial score (nSPS) is 18.4. The molecule has 150 valence electrons. The molecular formula is C20H27N5O3. The molecule has 8 nitrogen and oxygen atoms in total. The molecule has 1 saturated heterocycles. The average molecular weight is 385 g/mol. The molecule has 0 N–H and O–H groups in total. The Kier molecular flexibility index (Phi) is 5.73. The number of piperazine rings is 1. The van der Waals surface area contributed by atoms with E-state index < -0.39 is 0 Å². The fourth-order valence-corrected chi connectivity index (χ4v) is 4.13. The third-order valence-electron chi connectivity index (χ3n) is 5.84. The van der Waals surface area contributed by atoms with Crippen molar-refractivity contribution >= 4 is 11.8 Å². The molecule has 2 aromatic heterocycles. The number of amides is 2. The van der Waals surface area contributed by atoms with E-state index in [2.05, 4.69) is 10.3 Å². The second kappa shape index (κ2) is 8.58. The molecule has 4 rings (SSSR count). The molecule has 0 atom stereocenters. The van der Waals surface area contributed by atoms with Crippen LogP contribution in [0.1, 0.15) is 59.6 Å². The minimum Gasteiger partial charge on any atom is -0.459 e. The molecule has 1 aliphatic heterocycles. The molecule has 1 saturated carbocycles. The summed E-state index contributed by atoms with van der Waals surface area (Å²) >= 11 is 0. The van der Waals surface area contributed by atoms with Crippen molar-refractivity contribution in [1.29, 1.82) is 0 Å². The Morgan fingerprint density at radius 2 is 1.75 bits per heavy atom. The van der Waals surface area contributed by atoms with E-state index in [0.717, 1.165) is 18.9 Å². The first-order chi connectivity index (χ1) is 13.7. The number of aromatic nitrogens is 3. The molecule has 0 bridgehead atoms. The van der Waals surface area contributed by atoms with Gasteiger partial charge in [0, 0.05) is 32.7 Å². The van der Waals surface area contributed by atoms with Crippen molar-refractivity contribution < 1.29 is 14.0 Å². The Morgan fingerprint density at radius 3 is 2.43 bits per heavy atom. The largest absolute Gasteiger partial charge is 0.459 e.